The molecule has 1 atom stereocenters. The van der Waals surface area contributed by atoms with Crippen LogP contribution in [0.1, 0.15) is 24.1 Å². The van der Waals surface area contributed by atoms with Crippen LogP contribution in [0.4, 0.5) is 5.95 Å². The number of methoxy groups -OCH3 is 1. The van der Waals surface area contributed by atoms with Crippen molar-refractivity contribution in [1.82, 2.24) is 20.2 Å². The maximum absolute atomic E-state index is 5.53. The van der Waals surface area contributed by atoms with Gasteiger partial charge in [0.1, 0.15) is 17.5 Å². The van der Waals surface area contributed by atoms with Crippen LogP contribution in [0.2, 0.25) is 0 Å². The van der Waals surface area contributed by atoms with E-state index in [4.69, 9.17) is 9.47 Å². The van der Waals surface area contributed by atoms with Crippen molar-refractivity contribution in [3.05, 3.63) is 65.7 Å². The highest BCUT2D eigenvalue weighted by Crippen LogP contribution is 2.33. The topological polar surface area (TPSA) is 74.1 Å². The number of allylic oxidation sites excluding steroid dienone is 1. The summed E-state index contributed by atoms with van der Waals surface area (Å²) in [5.41, 5.74) is 3.02. The number of fused-ring (bicyclic) bond motifs is 1. The molecule has 1 aliphatic rings. The smallest absolute Gasteiger partial charge is 0.248 e. The molecule has 1 aromatic heterocycles. The normalized spacial score (nSPS) is 15.6. The summed E-state index contributed by atoms with van der Waals surface area (Å²) in [4.78, 5) is 0. The lowest BCUT2D eigenvalue weighted by Crippen LogP contribution is -2.20. The zero-order chi connectivity index (χ0) is 17.9. The van der Waals surface area contributed by atoms with E-state index >= 15 is 0 Å². The fraction of sp³-hybridized carbons (Fsp3) is 0.211. The highest BCUT2D eigenvalue weighted by Gasteiger charge is 2.24. The van der Waals surface area contributed by atoms with Gasteiger partial charge in [0.25, 0.3) is 0 Å². The number of anilines is 1. The standard InChI is InChI=1S/C19H19N5O2/c1-3-26-15-9-7-13(8-10-15)18-12-17(20-19-21-22-23-24(18)19)14-5-4-6-16(11-14)25-2/h4-12,18H,3H2,1-2H3,(H,20,21,23)/t18-/m0/s1. The van der Waals surface area contributed by atoms with Crippen molar-refractivity contribution in [3.8, 4) is 11.5 Å². The van der Waals surface area contributed by atoms with Gasteiger partial charge in [-0.05, 0) is 53.3 Å². The van der Waals surface area contributed by atoms with Crippen LogP contribution in [0.15, 0.2) is 54.6 Å². The number of ether oxygens (including phenoxy) is 2. The molecule has 1 N–H and O–H groups in total. The first kappa shape index (κ1) is 16.1. The van der Waals surface area contributed by atoms with Crippen molar-refractivity contribution in [2.45, 2.75) is 13.0 Å². The third-order valence-corrected chi connectivity index (χ3v) is 4.24. The van der Waals surface area contributed by atoms with E-state index in [1.54, 1.807) is 11.8 Å². The number of tetrazole rings is 1. The third-order valence-electron chi connectivity index (χ3n) is 4.24. The molecule has 0 fully saturated rings. The van der Waals surface area contributed by atoms with Crippen molar-refractivity contribution in [3.63, 3.8) is 0 Å². The van der Waals surface area contributed by atoms with Crippen LogP contribution in [-0.2, 0) is 0 Å². The van der Waals surface area contributed by atoms with Crippen LogP contribution in [0.3, 0.4) is 0 Å². The molecular formula is C19H19N5O2. The Labute approximate surface area is 151 Å². The summed E-state index contributed by atoms with van der Waals surface area (Å²) in [7, 11) is 1.66. The first-order valence-electron chi connectivity index (χ1n) is 8.42. The minimum atomic E-state index is -0.113. The van der Waals surface area contributed by atoms with Gasteiger partial charge in [-0.15, -0.1) is 0 Å². The number of nitrogens with zero attached hydrogens (tertiary/aromatic N) is 4. The van der Waals surface area contributed by atoms with Crippen LogP contribution in [0.25, 0.3) is 5.70 Å². The van der Waals surface area contributed by atoms with Gasteiger partial charge in [-0.2, -0.15) is 4.68 Å². The Hall–Kier alpha value is -3.35. The van der Waals surface area contributed by atoms with E-state index < -0.39 is 0 Å². The number of nitrogens with one attached hydrogen (secondary N) is 1. The fourth-order valence-electron chi connectivity index (χ4n) is 2.98. The van der Waals surface area contributed by atoms with Gasteiger partial charge in [0.2, 0.25) is 5.95 Å². The van der Waals surface area contributed by atoms with Crippen LogP contribution in [0.5, 0.6) is 11.5 Å². The van der Waals surface area contributed by atoms with Gasteiger partial charge in [0.15, 0.2) is 0 Å². The molecule has 26 heavy (non-hydrogen) atoms. The molecule has 132 valence electrons. The molecule has 0 radical (unpaired) electrons. The number of benzene rings is 2. The average molecular weight is 349 g/mol. The van der Waals surface area contributed by atoms with Crippen molar-refractivity contribution in [2.24, 2.45) is 0 Å². The summed E-state index contributed by atoms with van der Waals surface area (Å²) in [5.74, 6) is 2.25. The van der Waals surface area contributed by atoms with E-state index in [-0.39, 0.29) is 6.04 Å². The van der Waals surface area contributed by atoms with Crippen LogP contribution in [-0.4, -0.2) is 33.9 Å². The molecule has 3 aromatic rings. The van der Waals surface area contributed by atoms with Gasteiger partial charge >= 0.3 is 0 Å². The monoisotopic (exact) mass is 349 g/mol. The molecule has 2 aromatic carbocycles. The molecule has 7 heteroatoms. The van der Waals surface area contributed by atoms with Gasteiger partial charge < -0.3 is 14.8 Å². The van der Waals surface area contributed by atoms with E-state index in [1.807, 2.05) is 55.5 Å². The summed E-state index contributed by atoms with van der Waals surface area (Å²) < 4.78 is 12.6. The van der Waals surface area contributed by atoms with Crippen molar-refractivity contribution in [1.29, 1.82) is 0 Å². The second-order valence-electron chi connectivity index (χ2n) is 5.83. The van der Waals surface area contributed by atoms with Crippen LogP contribution in [0, 0.1) is 0 Å². The molecule has 4 rings (SSSR count). The van der Waals surface area contributed by atoms with Gasteiger partial charge in [0, 0.05) is 11.3 Å². The first-order valence-corrected chi connectivity index (χ1v) is 8.42. The lowest BCUT2D eigenvalue weighted by Gasteiger charge is -2.23. The van der Waals surface area contributed by atoms with E-state index in [1.165, 1.54) is 0 Å². The Morgan fingerprint density at radius 1 is 1.12 bits per heavy atom. The van der Waals surface area contributed by atoms with Gasteiger partial charge in [-0.3, -0.25) is 0 Å². The Bertz CT molecular complexity index is 933. The molecule has 0 bridgehead atoms. The van der Waals surface area contributed by atoms with Gasteiger partial charge in [-0.1, -0.05) is 29.4 Å². The molecule has 0 amide bonds. The largest absolute Gasteiger partial charge is 0.497 e. The predicted octanol–water partition coefficient (Wildman–Crippen LogP) is 3.14. The second-order valence-corrected chi connectivity index (χ2v) is 5.83. The number of hydrogen-bond donors (Lipinski definition) is 1. The van der Waals surface area contributed by atoms with Crippen molar-refractivity contribution < 1.29 is 9.47 Å². The maximum atomic E-state index is 5.53. The van der Waals surface area contributed by atoms with Crippen LogP contribution >= 0.6 is 0 Å². The molecule has 1 aliphatic heterocycles. The summed E-state index contributed by atoms with van der Waals surface area (Å²) in [6.45, 7) is 2.61. The van der Waals surface area contributed by atoms with E-state index in [9.17, 15) is 0 Å². The SMILES string of the molecule is CCOc1ccc([C@@H]2C=C(c3cccc(OC)c3)Nc3nnnn32)cc1. The average Bonchev–Trinajstić information content (AvgIpc) is 3.17. The Kier molecular flexibility index (Phi) is 4.27. The minimum absolute atomic E-state index is 0.113. The van der Waals surface area contributed by atoms with Crippen molar-refractivity contribution >= 4 is 11.6 Å². The summed E-state index contributed by atoms with van der Waals surface area (Å²) in [5, 5.41) is 15.3. The van der Waals surface area contributed by atoms with Gasteiger partial charge in [-0.25, -0.2) is 0 Å². The zero-order valence-corrected chi connectivity index (χ0v) is 14.6. The number of hydrogen-bond acceptors (Lipinski definition) is 6. The highest BCUT2D eigenvalue weighted by atomic mass is 16.5. The Morgan fingerprint density at radius 3 is 2.73 bits per heavy atom. The Morgan fingerprint density at radius 2 is 1.96 bits per heavy atom. The fourth-order valence-corrected chi connectivity index (χ4v) is 2.98. The molecule has 0 aliphatic carbocycles. The molecule has 0 saturated heterocycles. The molecule has 0 unspecified atom stereocenters. The second kappa shape index (κ2) is 6.87. The summed E-state index contributed by atoms with van der Waals surface area (Å²) in [6.07, 6.45) is 2.10. The lowest BCUT2D eigenvalue weighted by atomic mass is 10.0. The number of rotatable bonds is 5. The van der Waals surface area contributed by atoms with Crippen molar-refractivity contribution in [2.75, 3.05) is 19.0 Å². The maximum Gasteiger partial charge on any atom is 0.248 e. The molecule has 0 spiro atoms. The quantitative estimate of drug-likeness (QED) is 0.763. The lowest BCUT2D eigenvalue weighted by molar-refractivity contribution is 0.340. The first-order chi connectivity index (χ1) is 12.8. The van der Waals surface area contributed by atoms with Crippen LogP contribution < -0.4 is 14.8 Å². The summed E-state index contributed by atoms with van der Waals surface area (Å²) in [6, 6.07) is 15.8. The molecule has 2 heterocycles. The minimum Gasteiger partial charge on any atom is -0.497 e. The van der Waals surface area contributed by atoms with Gasteiger partial charge in [0.05, 0.1) is 13.7 Å². The number of aromatic nitrogens is 4. The van der Waals surface area contributed by atoms with E-state index in [0.717, 1.165) is 28.3 Å². The molecular weight excluding hydrogens is 330 g/mol. The summed E-state index contributed by atoms with van der Waals surface area (Å²) >= 11 is 0. The zero-order valence-electron chi connectivity index (χ0n) is 14.6. The highest BCUT2D eigenvalue weighted by molar-refractivity contribution is 5.77. The molecule has 7 nitrogen and oxygen atoms in total. The molecule has 0 saturated carbocycles. The van der Waals surface area contributed by atoms with E-state index in [2.05, 4.69) is 26.9 Å². The third kappa shape index (κ3) is 2.99. The van der Waals surface area contributed by atoms with E-state index in [0.29, 0.717) is 12.6 Å². The predicted molar refractivity (Wildman–Crippen MR) is 98.2 cm³/mol. The Balaban J connectivity index is 1.73.